The minimum Gasteiger partial charge on any atom is -0.491 e. The predicted octanol–water partition coefficient (Wildman–Crippen LogP) is 0.736. The van der Waals surface area contributed by atoms with E-state index in [-0.39, 0.29) is 0 Å². The Hall–Kier alpha value is -2.18. The van der Waals surface area contributed by atoms with Gasteiger partial charge in [0, 0.05) is 6.54 Å². The van der Waals surface area contributed by atoms with Crippen LogP contribution in [0.4, 0.5) is 5.82 Å². The first kappa shape index (κ1) is 11.3. The van der Waals surface area contributed by atoms with Crippen molar-refractivity contribution in [3.63, 3.8) is 0 Å². The second-order valence-electron chi connectivity index (χ2n) is 3.48. The average Bonchev–Trinajstić information content (AvgIpc) is 2.77. The topological polar surface area (TPSA) is 91.7 Å². The monoisotopic (exact) mass is 234 g/mol. The van der Waals surface area contributed by atoms with Crippen LogP contribution in [0.2, 0.25) is 0 Å². The van der Waals surface area contributed by atoms with Crippen LogP contribution in [0.15, 0.2) is 12.5 Å². The predicted molar refractivity (Wildman–Crippen MR) is 62.3 cm³/mol. The van der Waals surface area contributed by atoms with E-state index in [2.05, 4.69) is 27.2 Å². The number of rotatable bonds is 4. The lowest BCUT2D eigenvalue weighted by Crippen LogP contribution is -2.05. The Labute approximate surface area is 98.6 Å². The van der Waals surface area contributed by atoms with Crippen LogP contribution in [-0.4, -0.2) is 32.1 Å². The molecule has 2 heterocycles. The zero-order valence-corrected chi connectivity index (χ0v) is 9.79. The normalized spacial score (nSPS) is 10.5. The Morgan fingerprint density at radius 1 is 1.41 bits per heavy atom. The van der Waals surface area contributed by atoms with Gasteiger partial charge in [-0.25, -0.2) is 14.6 Å². The molecule has 7 nitrogen and oxygen atoms in total. The molecular weight excluding hydrogens is 220 g/mol. The van der Waals surface area contributed by atoms with E-state index in [9.17, 15) is 0 Å². The van der Waals surface area contributed by atoms with Gasteiger partial charge in [0.25, 0.3) is 0 Å². The third-order valence-corrected chi connectivity index (χ3v) is 2.33. The Bertz CT molecular complexity index is 509. The molecule has 0 atom stereocenters. The first-order valence-electron chi connectivity index (χ1n) is 5.31. The lowest BCUT2D eigenvalue weighted by molar-refractivity contribution is 0.414. The lowest BCUT2D eigenvalue weighted by Gasteiger charge is -2.09. The molecular formula is C10H14N6O. The van der Waals surface area contributed by atoms with Gasteiger partial charge in [-0.1, -0.05) is 12.1 Å². The number of nitrogens with two attached hydrogens (primary N) is 1. The number of ether oxygens (including phenoxy) is 1. The van der Waals surface area contributed by atoms with E-state index in [0.717, 1.165) is 18.7 Å². The van der Waals surface area contributed by atoms with Crippen LogP contribution >= 0.6 is 0 Å². The van der Waals surface area contributed by atoms with E-state index in [1.165, 1.54) is 13.4 Å². The fourth-order valence-corrected chi connectivity index (χ4v) is 1.59. The van der Waals surface area contributed by atoms with Crippen LogP contribution in [0.5, 0.6) is 5.75 Å². The van der Waals surface area contributed by atoms with Gasteiger partial charge in [0.15, 0.2) is 11.6 Å². The Balaban J connectivity index is 2.52. The van der Waals surface area contributed by atoms with Crippen LogP contribution in [0.3, 0.4) is 0 Å². The number of anilines is 1. The summed E-state index contributed by atoms with van der Waals surface area (Å²) in [6.07, 6.45) is 4.00. The summed E-state index contributed by atoms with van der Waals surface area (Å²) in [7, 11) is 1.53. The summed E-state index contributed by atoms with van der Waals surface area (Å²) in [6.45, 7) is 2.83. The number of aromatic nitrogens is 5. The minimum atomic E-state index is 0.307. The molecule has 0 bridgehead atoms. The molecule has 2 rings (SSSR count). The van der Waals surface area contributed by atoms with Crippen LogP contribution < -0.4 is 10.5 Å². The van der Waals surface area contributed by atoms with Gasteiger partial charge < -0.3 is 10.5 Å². The number of hydrogen-bond acceptors (Lipinski definition) is 6. The van der Waals surface area contributed by atoms with Crippen molar-refractivity contribution in [1.82, 2.24) is 25.0 Å². The Kier molecular flexibility index (Phi) is 3.17. The summed E-state index contributed by atoms with van der Waals surface area (Å²) in [4.78, 5) is 8.07. The third-order valence-electron chi connectivity index (χ3n) is 2.33. The third kappa shape index (κ3) is 2.03. The van der Waals surface area contributed by atoms with Crippen LogP contribution in [0.1, 0.15) is 13.3 Å². The molecule has 17 heavy (non-hydrogen) atoms. The maximum atomic E-state index is 5.74. The smallest absolute Gasteiger partial charge is 0.189 e. The van der Waals surface area contributed by atoms with Crippen LogP contribution in [0, 0.1) is 0 Å². The highest BCUT2D eigenvalue weighted by molar-refractivity contribution is 5.68. The standard InChI is InChI=1S/C10H14N6O/c1-3-4-16-7(5-14-15-16)8-9(17-2)10(11)13-6-12-8/h5-6H,3-4H2,1-2H3,(H2,11,12,13). The molecule has 0 aliphatic heterocycles. The molecule has 2 N–H and O–H groups in total. The highest BCUT2D eigenvalue weighted by Crippen LogP contribution is 2.30. The average molecular weight is 234 g/mol. The quantitative estimate of drug-likeness (QED) is 0.838. The number of nitrogen functional groups attached to an aromatic ring is 1. The fourth-order valence-electron chi connectivity index (χ4n) is 1.59. The summed E-state index contributed by atoms with van der Waals surface area (Å²) >= 11 is 0. The van der Waals surface area contributed by atoms with E-state index in [1.807, 2.05) is 0 Å². The molecule has 0 aliphatic rings. The van der Waals surface area contributed by atoms with Crippen molar-refractivity contribution in [2.24, 2.45) is 0 Å². The molecule has 0 aliphatic carbocycles. The number of aryl methyl sites for hydroxylation is 1. The fraction of sp³-hybridized carbons (Fsp3) is 0.400. The van der Waals surface area contributed by atoms with E-state index in [0.29, 0.717) is 17.3 Å². The van der Waals surface area contributed by atoms with Gasteiger partial charge in [0.2, 0.25) is 0 Å². The first-order valence-corrected chi connectivity index (χ1v) is 5.31. The second kappa shape index (κ2) is 4.77. The van der Waals surface area contributed by atoms with E-state index in [1.54, 1.807) is 10.9 Å². The maximum absolute atomic E-state index is 5.74. The molecule has 0 saturated heterocycles. The van der Waals surface area contributed by atoms with Crippen molar-refractivity contribution in [3.8, 4) is 17.1 Å². The van der Waals surface area contributed by atoms with E-state index >= 15 is 0 Å². The molecule has 0 fully saturated rings. The second-order valence-corrected chi connectivity index (χ2v) is 3.48. The molecule has 0 saturated carbocycles. The molecule has 0 radical (unpaired) electrons. The zero-order chi connectivity index (χ0) is 12.3. The molecule has 90 valence electrons. The molecule has 0 aromatic carbocycles. The molecule has 7 heteroatoms. The van der Waals surface area contributed by atoms with Crippen LogP contribution in [-0.2, 0) is 6.54 Å². The van der Waals surface area contributed by atoms with Crippen molar-refractivity contribution >= 4 is 5.82 Å². The summed E-state index contributed by atoms with van der Waals surface area (Å²) in [5, 5.41) is 7.88. The van der Waals surface area contributed by atoms with Crippen molar-refractivity contribution in [3.05, 3.63) is 12.5 Å². The molecule has 0 spiro atoms. The highest BCUT2D eigenvalue weighted by Gasteiger charge is 2.16. The van der Waals surface area contributed by atoms with Crippen LogP contribution in [0.25, 0.3) is 11.4 Å². The molecule has 0 unspecified atom stereocenters. The highest BCUT2D eigenvalue weighted by atomic mass is 16.5. The minimum absolute atomic E-state index is 0.307. The summed E-state index contributed by atoms with van der Waals surface area (Å²) < 4.78 is 6.98. The molecule has 2 aromatic rings. The number of hydrogen-bond donors (Lipinski definition) is 1. The molecule has 0 amide bonds. The van der Waals surface area contributed by atoms with E-state index < -0.39 is 0 Å². The van der Waals surface area contributed by atoms with Crippen molar-refractivity contribution in [2.45, 2.75) is 19.9 Å². The number of nitrogens with zero attached hydrogens (tertiary/aromatic N) is 5. The SMILES string of the molecule is CCCn1nncc1-c1ncnc(N)c1OC. The molecule has 2 aromatic heterocycles. The van der Waals surface area contributed by atoms with E-state index in [4.69, 9.17) is 10.5 Å². The van der Waals surface area contributed by atoms with Gasteiger partial charge >= 0.3 is 0 Å². The first-order chi connectivity index (χ1) is 8.27. The van der Waals surface area contributed by atoms with Gasteiger partial charge in [-0.05, 0) is 6.42 Å². The lowest BCUT2D eigenvalue weighted by atomic mass is 10.2. The summed E-state index contributed by atoms with van der Waals surface area (Å²) in [5.41, 5.74) is 7.12. The number of methoxy groups -OCH3 is 1. The zero-order valence-electron chi connectivity index (χ0n) is 9.79. The van der Waals surface area contributed by atoms with Gasteiger partial charge in [-0.3, -0.25) is 0 Å². The van der Waals surface area contributed by atoms with Gasteiger partial charge in [-0.15, -0.1) is 5.10 Å². The van der Waals surface area contributed by atoms with Crippen molar-refractivity contribution in [1.29, 1.82) is 0 Å². The Morgan fingerprint density at radius 3 is 2.94 bits per heavy atom. The summed E-state index contributed by atoms with van der Waals surface area (Å²) in [6, 6.07) is 0. The van der Waals surface area contributed by atoms with Crippen molar-refractivity contribution in [2.75, 3.05) is 12.8 Å². The Morgan fingerprint density at radius 2 is 2.24 bits per heavy atom. The maximum Gasteiger partial charge on any atom is 0.189 e. The van der Waals surface area contributed by atoms with Gasteiger partial charge in [0.05, 0.1) is 13.3 Å². The van der Waals surface area contributed by atoms with Crippen molar-refractivity contribution < 1.29 is 4.74 Å². The summed E-state index contributed by atoms with van der Waals surface area (Å²) in [5.74, 6) is 0.758. The van der Waals surface area contributed by atoms with Gasteiger partial charge in [0.1, 0.15) is 17.7 Å². The largest absolute Gasteiger partial charge is 0.491 e. The van der Waals surface area contributed by atoms with Gasteiger partial charge in [-0.2, -0.15) is 0 Å².